The first kappa shape index (κ1) is 18.1. The third-order valence-electron chi connectivity index (χ3n) is 4.63. The first-order chi connectivity index (χ1) is 13.6. The van der Waals surface area contributed by atoms with Gasteiger partial charge in [-0.3, -0.25) is 9.78 Å². The molecule has 4 rings (SSSR count). The Bertz CT molecular complexity index is 1140. The molecule has 0 radical (unpaired) electrons. The van der Waals surface area contributed by atoms with E-state index in [4.69, 9.17) is 16.6 Å². The second-order valence-corrected chi connectivity index (χ2v) is 6.97. The molecule has 0 fully saturated rings. The van der Waals surface area contributed by atoms with Gasteiger partial charge in [0.25, 0.3) is 5.91 Å². The maximum absolute atomic E-state index is 13.3. The van der Waals surface area contributed by atoms with Gasteiger partial charge in [-0.05, 0) is 35.9 Å². The van der Waals surface area contributed by atoms with Crippen molar-refractivity contribution in [1.29, 1.82) is 0 Å². The Morgan fingerprint density at radius 3 is 2.50 bits per heavy atom. The van der Waals surface area contributed by atoms with Crippen molar-refractivity contribution in [2.75, 3.05) is 7.05 Å². The lowest BCUT2D eigenvalue weighted by Crippen LogP contribution is -2.26. The number of fused-ring (bicyclic) bond motifs is 1. The number of para-hydroxylation sites is 1. The number of hydrogen-bond donors (Lipinski definition) is 0. The number of pyridine rings is 2. The van der Waals surface area contributed by atoms with Gasteiger partial charge >= 0.3 is 0 Å². The molecule has 0 bridgehead atoms. The van der Waals surface area contributed by atoms with Gasteiger partial charge in [-0.25, -0.2) is 4.98 Å². The summed E-state index contributed by atoms with van der Waals surface area (Å²) in [6, 6.07) is 20.9. The van der Waals surface area contributed by atoms with Crippen LogP contribution in [0.1, 0.15) is 15.9 Å². The lowest BCUT2D eigenvalue weighted by Gasteiger charge is -2.19. The van der Waals surface area contributed by atoms with E-state index >= 15 is 0 Å². The largest absolute Gasteiger partial charge is 0.337 e. The zero-order valence-electron chi connectivity index (χ0n) is 15.3. The van der Waals surface area contributed by atoms with Gasteiger partial charge in [-0.2, -0.15) is 0 Å². The molecule has 28 heavy (non-hydrogen) atoms. The normalized spacial score (nSPS) is 10.8. The number of nitrogens with zero attached hydrogens (tertiary/aromatic N) is 3. The van der Waals surface area contributed by atoms with E-state index in [1.807, 2.05) is 66.7 Å². The van der Waals surface area contributed by atoms with E-state index in [0.29, 0.717) is 17.1 Å². The Labute approximate surface area is 168 Å². The molecule has 0 spiro atoms. The molecular weight excluding hydrogens is 370 g/mol. The van der Waals surface area contributed by atoms with Crippen LogP contribution in [0.4, 0.5) is 0 Å². The van der Waals surface area contributed by atoms with E-state index in [2.05, 4.69) is 4.98 Å². The molecule has 4 nitrogen and oxygen atoms in total. The molecule has 0 atom stereocenters. The summed E-state index contributed by atoms with van der Waals surface area (Å²) in [5.41, 5.74) is 3.98. The number of carbonyl (C=O) groups excluding carboxylic acids is 1. The Balaban J connectivity index is 1.76. The van der Waals surface area contributed by atoms with Crippen molar-refractivity contribution in [1.82, 2.24) is 14.9 Å². The summed E-state index contributed by atoms with van der Waals surface area (Å²) in [6.45, 7) is 0.430. The van der Waals surface area contributed by atoms with Crippen LogP contribution >= 0.6 is 11.6 Å². The molecule has 0 N–H and O–H groups in total. The fraction of sp³-hybridized carbons (Fsp3) is 0.0870. The molecule has 1 amide bonds. The van der Waals surface area contributed by atoms with Gasteiger partial charge in [-0.1, -0.05) is 48.0 Å². The van der Waals surface area contributed by atoms with Crippen LogP contribution in [0.15, 0.2) is 79.1 Å². The Hall–Kier alpha value is -3.24. The van der Waals surface area contributed by atoms with Gasteiger partial charge in [0.1, 0.15) is 0 Å². The first-order valence-electron chi connectivity index (χ1n) is 8.92. The molecule has 5 heteroatoms. The fourth-order valence-corrected chi connectivity index (χ4v) is 3.38. The molecule has 0 aliphatic rings. The van der Waals surface area contributed by atoms with E-state index in [9.17, 15) is 4.79 Å². The number of carbonyl (C=O) groups is 1. The van der Waals surface area contributed by atoms with Gasteiger partial charge < -0.3 is 4.90 Å². The molecule has 0 aliphatic heterocycles. The van der Waals surface area contributed by atoms with Crippen molar-refractivity contribution in [2.24, 2.45) is 0 Å². The lowest BCUT2D eigenvalue weighted by molar-refractivity contribution is 0.0787. The summed E-state index contributed by atoms with van der Waals surface area (Å²) < 4.78 is 0. The minimum absolute atomic E-state index is 0.0752. The van der Waals surface area contributed by atoms with E-state index < -0.39 is 0 Å². The highest BCUT2D eigenvalue weighted by atomic mass is 35.5. The van der Waals surface area contributed by atoms with E-state index in [1.165, 1.54) is 0 Å². The van der Waals surface area contributed by atoms with Crippen LogP contribution in [-0.4, -0.2) is 27.8 Å². The van der Waals surface area contributed by atoms with E-state index in [1.54, 1.807) is 24.3 Å². The molecular formula is C23H18ClN3O. The van der Waals surface area contributed by atoms with Crippen molar-refractivity contribution >= 4 is 28.4 Å². The molecule has 0 aliphatic carbocycles. The highest BCUT2D eigenvalue weighted by Gasteiger charge is 2.18. The summed E-state index contributed by atoms with van der Waals surface area (Å²) >= 11 is 6.27. The summed E-state index contributed by atoms with van der Waals surface area (Å²) in [5, 5.41) is 1.48. The monoisotopic (exact) mass is 387 g/mol. The van der Waals surface area contributed by atoms with Gasteiger partial charge in [0, 0.05) is 42.0 Å². The number of hydrogen-bond acceptors (Lipinski definition) is 3. The minimum atomic E-state index is -0.0752. The summed E-state index contributed by atoms with van der Waals surface area (Å²) in [7, 11) is 1.78. The van der Waals surface area contributed by atoms with E-state index in [0.717, 1.165) is 27.7 Å². The highest BCUT2D eigenvalue weighted by Crippen LogP contribution is 2.26. The van der Waals surface area contributed by atoms with Crippen molar-refractivity contribution in [3.05, 3.63) is 95.3 Å². The average Bonchev–Trinajstić information content (AvgIpc) is 2.74. The van der Waals surface area contributed by atoms with E-state index in [-0.39, 0.29) is 5.91 Å². The Morgan fingerprint density at radius 1 is 1.00 bits per heavy atom. The number of benzene rings is 2. The van der Waals surface area contributed by atoms with Crippen LogP contribution < -0.4 is 0 Å². The first-order valence-corrected chi connectivity index (χ1v) is 9.30. The second kappa shape index (κ2) is 7.79. The molecule has 2 heterocycles. The maximum atomic E-state index is 13.3. The quantitative estimate of drug-likeness (QED) is 0.482. The van der Waals surface area contributed by atoms with Gasteiger partial charge in [0.15, 0.2) is 0 Å². The van der Waals surface area contributed by atoms with Gasteiger partial charge in [0.2, 0.25) is 0 Å². The lowest BCUT2D eigenvalue weighted by atomic mass is 10.0. The van der Waals surface area contributed by atoms with Crippen LogP contribution in [0.2, 0.25) is 5.02 Å². The number of rotatable bonds is 4. The minimum Gasteiger partial charge on any atom is -0.337 e. The SMILES string of the molecule is CN(Cc1ccccc1Cl)C(=O)c1cc(-c2ccncc2)nc2ccccc12. The zero-order valence-corrected chi connectivity index (χ0v) is 16.1. The van der Waals surface area contributed by atoms with Crippen molar-refractivity contribution in [2.45, 2.75) is 6.54 Å². The Morgan fingerprint density at radius 2 is 1.71 bits per heavy atom. The smallest absolute Gasteiger partial charge is 0.254 e. The summed E-state index contributed by atoms with van der Waals surface area (Å²) in [5.74, 6) is -0.0752. The fourth-order valence-electron chi connectivity index (χ4n) is 3.18. The van der Waals surface area contributed by atoms with Gasteiger partial charge in [0.05, 0.1) is 16.8 Å². The number of aromatic nitrogens is 2. The Kier molecular flexibility index (Phi) is 5.04. The third kappa shape index (κ3) is 3.59. The predicted molar refractivity (Wildman–Crippen MR) is 112 cm³/mol. The molecule has 4 aromatic rings. The standard InChI is InChI=1S/C23H18ClN3O/c1-27(15-17-6-2-4-8-20(17)24)23(28)19-14-22(16-10-12-25-13-11-16)26-21-9-5-3-7-18(19)21/h2-14H,15H2,1H3. The van der Waals surface area contributed by atoms with Crippen LogP contribution in [0.5, 0.6) is 0 Å². The molecule has 0 unspecified atom stereocenters. The zero-order chi connectivity index (χ0) is 19.5. The number of halogens is 1. The topological polar surface area (TPSA) is 46.1 Å². The van der Waals surface area contributed by atoms with Crippen molar-refractivity contribution in [3.63, 3.8) is 0 Å². The average molecular weight is 388 g/mol. The highest BCUT2D eigenvalue weighted by molar-refractivity contribution is 6.31. The maximum Gasteiger partial charge on any atom is 0.254 e. The van der Waals surface area contributed by atoms with Crippen molar-refractivity contribution < 1.29 is 4.79 Å². The number of amides is 1. The van der Waals surface area contributed by atoms with Crippen LogP contribution in [-0.2, 0) is 6.54 Å². The predicted octanol–water partition coefficient (Wildman–Crippen LogP) is 5.22. The molecule has 2 aromatic heterocycles. The van der Waals surface area contributed by atoms with Crippen LogP contribution in [0.3, 0.4) is 0 Å². The van der Waals surface area contributed by atoms with Crippen molar-refractivity contribution in [3.8, 4) is 11.3 Å². The molecule has 0 saturated heterocycles. The van der Waals surface area contributed by atoms with Crippen LogP contribution in [0, 0.1) is 0 Å². The summed E-state index contributed by atoms with van der Waals surface area (Å²) in [4.78, 5) is 23.8. The summed E-state index contributed by atoms with van der Waals surface area (Å²) in [6.07, 6.45) is 3.44. The molecule has 138 valence electrons. The second-order valence-electron chi connectivity index (χ2n) is 6.56. The van der Waals surface area contributed by atoms with Crippen LogP contribution in [0.25, 0.3) is 22.2 Å². The third-order valence-corrected chi connectivity index (χ3v) is 5.00. The molecule has 0 saturated carbocycles. The molecule has 2 aromatic carbocycles. The van der Waals surface area contributed by atoms with Gasteiger partial charge in [-0.15, -0.1) is 0 Å².